The predicted octanol–water partition coefficient (Wildman–Crippen LogP) is 0.319. The molecule has 4 N–H and O–H groups in total. The van der Waals surface area contributed by atoms with E-state index in [2.05, 4.69) is 16.6 Å². The van der Waals surface area contributed by atoms with Crippen LogP contribution in [0.2, 0.25) is 0 Å². The van der Waals surface area contributed by atoms with E-state index in [0.717, 1.165) is 6.08 Å². The van der Waals surface area contributed by atoms with Gasteiger partial charge in [0.2, 0.25) is 5.91 Å². The molecule has 152 valence electrons. The minimum atomic E-state index is -4.33. The number of rotatable bonds is 8. The van der Waals surface area contributed by atoms with Gasteiger partial charge in [0.15, 0.2) is 0 Å². The molecule has 0 rings (SSSR count). The highest BCUT2D eigenvalue weighted by Crippen LogP contribution is 2.12. The zero-order valence-electron chi connectivity index (χ0n) is 14.8. The van der Waals surface area contributed by atoms with Gasteiger partial charge in [-0.15, -0.1) is 0 Å². The molecule has 0 aliphatic heterocycles. The Balaban J connectivity index is 0. The number of amides is 1. The molecule has 0 bridgehead atoms. The van der Waals surface area contributed by atoms with Gasteiger partial charge in [-0.05, 0) is 13.0 Å². The second-order valence-electron chi connectivity index (χ2n) is 5.00. The van der Waals surface area contributed by atoms with Crippen molar-refractivity contribution < 1.29 is 47.1 Å². The molecular formula is C15H21NO10S. The standard InChI is InChI=1S/C8H11NO3.C7H10O7S/c1-4-8(11)9-6(2)5-12-7(3)10;1-4(3-15(12,13)14)5(7(10)11)2-6(8)9/h4-5H,1H2,2-3H3,(H,9,11);2,4H,3H2,1H3,(H,8,9)(H,10,11)(H,12,13,14)/b;5-2+. The lowest BCUT2D eigenvalue weighted by Gasteiger charge is -2.09. The maximum Gasteiger partial charge on any atom is 0.332 e. The summed E-state index contributed by atoms with van der Waals surface area (Å²) in [5.74, 6) is -5.73. The molecule has 0 aliphatic carbocycles. The summed E-state index contributed by atoms with van der Waals surface area (Å²) in [7, 11) is -4.33. The molecular weight excluding hydrogens is 386 g/mol. The zero-order chi connectivity index (χ0) is 21.8. The number of carboxylic acid groups (broad SMARTS) is 2. The van der Waals surface area contributed by atoms with Gasteiger partial charge >= 0.3 is 17.9 Å². The third-order valence-corrected chi connectivity index (χ3v) is 3.35. The normalized spacial score (nSPS) is 12.7. The first kappa shape index (κ1) is 26.2. The van der Waals surface area contributed by atoms with Gasteiger partial charge in [0, 0.05) is 24.5 Å². The van der Waals surface area contributed by atoms with Crippen LogP contribution in [0.25, 0.3) is 0 Å². The number of nitrogens with one attached hydrogen (secondary N) is 1. The number of carbonyl (C=O) groups excluding carboxylic acids is 2. The van der Waals surface area contributed by atoms with Gasteiger partial charge in [-0.2, -0.15) is 8.42 Å². The van der Waals surface area contributed by atoms with E-state index in [4.69, 9.17) is 14.8 Å². The third kappa shape index (κ3) is 16.2. The number of hydrogen-bond acceptors (Lipinski definition) is 7. The van der Waals surface area contributed by atoms with Crippen molar-refractivity contribution in [1.82, 2.24) is 5.32 Å². The van der Waals surface area contributed by atoms with Crippen LogP contribution < -0.4 is 5.32 Å². The van der Waals surface area contributed by atoms with E-state index in [-0.39, 0.29) is 5.91 Å². The van der Waals surface area contributed by atoms with Crippen molar-refractivity contribution in [3.63, 3.8) is 0 Å². The quantitative estimate of drug-likeness (QED) is 0.189. The maximum absolute atomic E-state index is 10.7. The Morgan fingerprint density at radius 3 is 2.04 bits per heavy atom. The topological polar surface area (TPSA) is 184 Å². The second kappa shape index (κ2) is 12.4. The fraction of sp³-hybridized carbons (Fsp3) is 0.333. The molecule has 0 saturated carbocycles. The fourth-order valence-electron chi connectivity index (χ4n) is 1.40. The summed E-state index contributed by atoms with van der Waals surface area (Å²) in [6.45, 7) is 7.33. The van der Waals surface area contributed by atoms with E-state index in [1.54, 1.807) is 6.92 Å². The highest BCUT2D eigenvalue weighted by Gasteiger charge is 2.22. The van der Waals surface area contributed by atoms with Crippen LogP contribution in [0.5, 0.6) is 0 Å². The largest absolute Gasteiger partial charge is 0.478 e. The molecule has 0 aromatic heterocycles. The molecule has 1 atom stereocenters. The van der Waals surface area contributed by atoms with Crippen molar-refractivity contribution in [3.8, 4) is 0 Å². The summed E-state index contributed by atoms with van der Waals surface area (Å²) in [6.07, 6.45) is 2.70. The van der Waals surface area contributed by atoms with Crippen LogP contribution >= 0.6 is 0 Å². The Morgan fingerprint density at radius 2 is 1.70 bits per heavy atom. The Kier molecular flexibility index (Phi) is 12.0. The number of carbonyl (C=O) groups is 4. The van der Waals surface area contributed by atoms with E-state index in [0.29, 0.717) is 11.8 Å². The van der Waals surface area contributed by atoms with E-state index >= 15 is 0 Å². The molecule has 0 radical (unpaired) electrons. The summed E-state index contributed by atoms with van der Waals surface area (Å²) in [5, 5.41) is 19.3. The Bertz CT molecular complexity index is 749. The van der Waals surface area contributed by atoms with Crippen molar-refractivity contribution in [2.24, 2.45) is 5.92 Å². The van der Waals surface area contributed by atoms with Crippen molar-refractivity contribution in [3.05, 3.63) is 36.3 Å². The van der Waals surface area contributed by atoms with Crippen LogP contribution in [-0.2, 0) is 34.0 Å². The lowest BCUT2D eigenvalue weighted by Crippen LogP contribution is -2.20. The first-order chi connectivity index (χ1) is 12.2. The number of aliphatic carboxylic acids is 2. The minimum Gasteiger partial charge on any atom is -0.478 e. The van der Waals surface area contributed by atoms with Crippen molar-refractivity contribution >= 4 is 33.9 Å². The van der Waals surface area contributed by atoms with Gasteiger partial charge in [0.25, 0.3) is 10.1 Å². The highest BCUT2D eigenvalue weighted by molar-refractivity contribution is 7.85. The summed E-state index contributed by atoms with van der Waals surface area (Å²) in [6, 6.07) is 0. The smallest absolute Gasteiger partial charge is 0.332 e. The lowest BCUT2D eigenvalue weighted by molar-refractivity contribution is -0.136. The van der Waals surface area contributed by atoms with Crippen molar-refractivity contribution in [1.29, 1.82) is 0 Å². The van der Waals surface area contributed by atoms with Crippen molar-refractivity contribution in [2.75, 3.05) is 5.75 Å². The minimum absolute atomic E-state index is 0.337. The van der Waals surface area contributed by atoms with Crippen LogP contribution in [0.4, 0.5) is 0 Å². The molecule has 0 saturated heterocycles. The molecule has 0 fully saturated rings. The van der Waals surface area contributed by atoms with E-state index in [1.807, 2.05) is 0 Å². The van der Waals surface area contributed by atoms with Gasteiger partial charge < -0.3 is 20.3 Å². The molecule has 0 aromatic rings. The number of esters is 1. The average Bonchev–Trinajstić information content (AvgIpc) is 2.48. The van der Waals surface area contributed by atoms with Gasteiger partial charge in [-0.3, -0.25) is 14.1 Å². The number of carboxylic acids is 2. The molecule has 0 spiro atoms. The SMILES string of the molecule is C=CC(=O)NC(C)=COC(C)=O.CC(CS(=O)(=O)O)/C(=C\C(=O)O)C(=O)O. The predicted molar refractivity (Wildman–Crippen MR) is 92.8 cm³/mol. The monoisotopic (exact) mass is 407 g/mol. The number of allylic oxidation sites excluding steroid dienone is 1. The van der Waals surface area contributed by atoms with Gasteiger partial charge in [-0.25, -0.2) is 9.59 Å². The van der Waals surface area contributed by atoms with E-state index in [1.165, 1.54) is 20.1 Å². The van der Waals surface area contributed by atoms with E-state index in [9.17, 15) is 27.6 Å². The molecule has 1 amide bonds. The molecule has 12 heteroatoms. The molecule has 0 heterocycles. The summed E-state index contributed by atoms with van der Waals surface area (Å²) >= 11 is 0. The Labute approximate surface area is 155 Å². The Hall–Kier alpha value is -2.99. The molecule has 27 heavy (non-hydrogen) atoms. The maximum atomic E-state index is 10.7. The summed E-state index contributed by atoms with van der Waals surface area (Å²) in [4.78, 5) is 41.7. The van der Waals surface area contributed by atoms with E-state index < -0.39 is 45.3 Å². The van der Waals surface area contributed by atoms with Gasteiger partial charge in [0.1, 0.15) is 6.26 Å². The fourth-order valence-corrected chi connectivity index (χ4v) is 2.21. The van der Waals surface area contributed by atoms with Crippen molar-refractivity contribution in [2.45, 2.75) is 20.8 Å². The molecule has 0 aromatic carbocycles. The number of ether oxygens (including phenoxy) is 1. The first-order valence-corrected chi connectivity index (χ1v) is 8.70. The first-order valence-electron chi connectivity index (χ1n) is 7.10. The molecule has 11 nitrogen and oxygen atoms in total. The summed E-state index contributed by atoms with van der Waals surface area (Å²) < 4.78 is 33.8. The highest BCUT2D eigenvalue weighted by atomic mass is 32.2. The Morgan fingerprint density at radius 1 is 1.19 bits per heavy atom. The second-order valence-corrected chi connectivity index (χ2v) is 6.49. The van der Waals surface area contributed by atoms with Crippen LogP contribution in [0.1, 0.15) is 20.8 Å². The summed E-state index contributed by atoms with van der Waals surface area (Å²) in [5.41, 5.74) is -0.129. The van der Waals surface area contributed by atoms with Crippen LogP contribution in [0.15, 0.2) is 36.3 Å². The molecule has 1 unspecified atom stereocenters. The average molecular weight is 407 g/mol. The number of hydrogen-bond donors (Lipinski definition) is 4. The van der Waals surface area contributed by atoms with Crippen LogP contribution in [-0.4, -0.2) is 52.8 Å². The van der Waals surface area contributed by atoms with Crippen LogP contribution in [0.3, 0.4) is 0 Å². The van der Waals surface area contributed by atoms with Gasteiger partial charge in [0.05, 0.1) is 11.4 Å². The lowest BCUT2D eigenvalue weighted by atomic mass is 10.0. The van der Waals surface area contributed by atoms with Crippen LogP contribution in [0, 0.1) is 5.92 Å². The molecule has 0 aliphatic rings. The third-order valence-electron chi connectivity index (χ3n) is 2.42. The van der Waals surface area contributed by atoms with Gasteiger partial charge in [-0.1, -0.05) is 13.5 Å². The zero-order valence-corrected chi connectivity index (χ0v) is 15.6.